The van der Waals surface area contributed by atoms with E-state index in [4.69, 9.17) is 10.8 Å². The molecular formula is C13H19N5S. The lowest BCUT2D eigenvalue weighted by atomic mass is 9.85. The molecule has 0 aliphatic heterocycles. The van der Waals surface area contributed by atoms with Crippen molar-refractivity contribution in [3.8, 4) is 0 Å². The van der Waals surface area contributed by atoms with E-state index in [1.54, 1.807) is 11.3 Å². The van der Waals surface area contributed by atoms with Crippen LogP contribution in [0.4, 0.5) is 0 Å². The first-order valence-electron chi connectivity index (χ1n) is 7.17. The summed E-state index contributed by atoms with van der Waals surface area (Å²) >= 11 is 1.67. The van der Waals surface area contributed by atoms with E-state index in [-0.39, 0.29) is 11.5 Å². The molecule has 2 unspecified atom stereocenters. The fraction of sp³-hybridized carbons (Fsp3) is 0.769. The molecule has 0 radical (unpaired) electrons. The van der Waals surface area contributed by atoms with Gasteiger partial charge < -0.3 is 5.73 Å². The predicted molar refractivity (Wildman–Crippen MR) is 74.4 cm³/mol. The van der Waals surface area contributed by atoms with Gasteiger partial charge in [-0.15, -0.1) is 10.2 Å². The van der Waals surface area contributed by atoms with Crippen molar-refractivity contribution in [1.29, 1.82) is 0 Å². The highest BCUT2D eigenvalue weighted by molar-refractivity contribution is 7.16. The van der Waals surface area contributed by atoms with E-state index >= 15 is 0 Å². The van der Waals surface area contributed by atoms with E-state index in [0.717, 1.165) is 28.6 Å². The van der Waals surface area contributed by atoms with Crippen molar-refractivity contribution in [2.24, 2.45) is 5.73 Å². The Bertz CT molecular complexity index is 614. The number of fused-ring (bicyclic) bond motifs is 1. The van der Waals surface area contributed by atoms with E-state index in [1.807, 2.05) is 4.52 Å². The summed E-state index contributed by atoms with van der Waals surface area (Å²) in [7, 11) is 0. The van der Waals surface area contributed by atoms with Crippen molar-refractivity contribution in [2.75, 3.05) is 0 Å². The van der Waals surface area contributed by atoms with Crippen LogP contribution in [0, 0.1) is 0 Å². The Balaban J connectivity index is 1.77. The Morgan fingerprint density at radius 3 is 2.74 bits per heavy atom. The lowest BCUT2D eigenvalue weighted by Gasteiger charge is -2.26. The molecule has 6 heteroatoms. The van der Waals surface area contributed by atoms with E-state index in [2.05, 4.69) is 17.1 Å². The average Bonchev–Trinajstić information content (AvgIpc) is 2.95. The lowest BCUT2D eigenvalue weighted by Crippen LogP contribution is -2.38. The average molecular weight is 277 g/mol. The molecule has 2 heterocycles. The van der Waals surface area contributed by atoms with E-state index in [1.165, 1.54) is 25.7 Å². The maximum atomic E-state index is 6.29. The zero-order chi connectivity index (χ0) is 13.0. The minimum absolute atomic E-state index is 0.0300. The number of rotatable bonds is 2. The quantitative estimate of drug-likeness (QED) is 0.914. The molecular weight excluding hydrogens is 258 g/mol. The maximum absolute atomic E-state index is 6.29. The minimum Gasteiger partial charge on any atom is -0.327 e. The molecule has 2 aliphatic rings. The summed E-state index contributed by atoms with van der Waals surface area (Å²) in [6, 6.07) is 0.225. The second-order valence-electron chi connectivity index (χ2n) is 6.20. The van der Waals surface area contributed by atoms with Crippen LogP contribution in [0.5, 0.6) is 0 Å². The van der Waals surface area contributed by atoms with E-state index in [0.29, 0.717) is 5.92 Å². The van der Waals surface area contributed by atoms with Gasteiger partial charge in [-0.3, -0.25) is 0 Å². The molecule has 2 aromatic heterocycles. The van der Waals surface area contributed by atoms with Crippen molar-refractivity contribution in [3.63, 3.8) is 0 Å². The lowest BCUT2D eigenvalue weighted by molar-refractivity contribution is 0.390. The van der Waals surface area contributed by atoms with E-state index in [9.17, 15) is 0 Å². The SMILES string of the molecule is CC1(c2nn3c(C4CCC4)nnc3s2)CCCC1N. The zero-order valence-corrected chi connectivity index (χ0v) is 12.0. The van der Waals surface area contributed by atoms with Crippen molar-refractivity contribution in [1.82, 2.24) is 19.8 Å². The molecule has 2 saturated carbocycles. The van der Waals surface area contributed by atoms with Gasteiger partial charge in [0.1, 0.15) is 5.01 Å². The molecule has 19 heavy (non-hydrogen) atoms. The predicted octanol–water partition coefficient (Wildman–Crippen LogP) is 2.22. The van der Waals surface area contributed by atoms with Crippen LogP contribution in [0.3, 0.4) is 0 Å². The number of hydrogen-bond donors (Lipinski definition) is 1. The second-order valence-corrected chi connectivity index (χ2v) is 7.16. The third-order valence-electron chi connectivity index (χ3n) is 5.00. The van der Waals surface area contributed by atoms with Gasteiger partial charge >= 0.3 is 0 Å². The van der Waals surface area contributed by atoms with Gasteiger partial charge in [-0.25, -0.2) is 0 Å². The fourth-order valence-electron chi connectivity index (χ4n) is 3.24. The summed E-state index contributed by atoms with van der Waals surface area (Å²) in [6.45, 7) is 2.25. The summed E-state index contributed by atoms with van der Waals surface area (Å²) < 4.78 is 1.97. The zero-order valence-electron chi connectivity index (χ0n) is 11.2. The van der Waals surface area contributed by atoms with Crippen LogP contribution in [0.2, 0.25) is 0 Å². The van der Waals surface area contributed by atoms with Crippen LogP contribution in [0.15, 0.2) is 0 Å². The van der Waals surface area contributed by atoms with Gasteiger partial charge in [0, 0.05) is 17.4 Å². The number of nitrogens with two attached hydrogens (primary N) is 1. The van der Waals surface area contributed by atoms with Gasteiger partial charge in [-0.2, -0.15) is 9.61 Å². The highest BCUT2D eigenvalue weighted by Crippen LogP contribution is 2.42. The van der Waals surface area contributed by atoms with E-state index < -0.39 is 0 Å². The van der Waals surface area contributed by atoms with Crippen molar-refractivity contribution in [2.45, 2.75) is 62.8 Å². The smallest absolute Gasteiger partial charge is 0.234 e. The van der Waals surface area contributed by atoms with Crippen LogP contribution >= 0.6 is 11.3 Å². The van der Waals surface area contributed by atoms with Gasteiger partial charge in [-0.1, -0.05) is 31.1 Å². The molecule has 2 N–H and O–H groups in total. The molecule has 0 aromatic carbocycles. The number of nitrogens with zero attached hydrogens (tertiary/aromatic N) is 4. The summed E-state index contributed by atoms with van der Waals surface area (Å²) in [5.74, 6) is 1.62. The number of hydrogen-bond acceptors (Lipinski definition) is 5. The number of aromatic nitrogens is 4. The van der Waals surface area contributed by atoms with Gasteiger partial charge in [-0.05, 0) is 25.7 Å². The Morgan fingerprint density at radius 1 is 1.26 bits per heavy atom. The summed E-state index contributed by atoms with van der Waals surface area (Å²) in [5.41, 5.74) is 6.32. The minimum atomic E-state index is 0.0300. The first-order chi connectivity index (χ1) is 9.18. The first-order valence-corrected chi connectivity index (χ1v) is 7.98. The molecule has 2 atom stereocenters. The second kappa shape index (κ2) is 3.99. The maximum Gasteiger partial charge on any atom is 0.234 e. The first kappa shape index (κ1) is 11.8. The summed E-state index contributed by atoms with van der Waals surface area (Å²) in [6.07, 6.45) is 7.20. The van der Waals surface area contributed by atoms with Crippen molar-refractivity contribution in [3.05, 3.63) is 10.8 Å². The monoisotopic (exact) mass is 277 g/mol. The molecule has 5 nitrogen and oxygen atoms in total. The van der Waals surface area contributed by atoms with Crippen molar-refractivity contribution >= 4 is 16.3 Å². The van der Waals surface area contributed by atoms with Crippen molar-refractivity contribution < 1.29 is 0 Å². The molecule has 2 fully saturated rings. The fourth-order valence-corrected chi connectivity index (χ4v) is 4.33. The molecule has 2 aromatic rings. The van der Waals surface area contributed by atoms with Gasteiger partial charge in [0.2, 0.25) is 4.96 Å². The van der Waals surface area contributed by atoms with Crippen LogP contribution in [0.1, 0.15) is 62.2 Å². The summed E-state index contributed by atoms with van der Waals surface area (Å²) in [5, 5.41) is 14.6. The van der Waals surface area contributed by atoms with Crippen LogP contribution in [0.25, 0.3) is 4.96 Å². The van der Waals surface area contributed by atoms with Gasteiger partial charge in [0.05, 0.1) is 0 Å². The molecule has 0 saturated heterocycles. The third kappa shape index (κ3) is 1.59. The van der Waals surface area contributed by atoms with Crippen LogP contribution < -0.4 is 5.73 Å². The van der Waals surface area contributed by atoms with Gasteiger partial charge in [0.25, 0.3) is 0 Å². The largest absolute Gasteiger partial charge is 0.327 e. The van der Waals surface area contributed by atoms with Gasteiger partial charge in [0.15, 0.2) is 5.82 Å². The molecule has 2 aliphatic carbocycles. The van der Waals surface area contributed by atoms with Crippen LogP contribution in [-0.2, 0) is 5.41 Å². The topological polar surface area (TPSA) is 69.1 Å². The standard InChI is InChI=1S/C13H19N5S/c1-13(7-3-6-9(13)14)11-17-18-10(8-4-2-5-8)15-16-12(18)19-11/h8-9H,2-7,14H2,1H3. The highest BCUT2D eigenvalue weighted by atomic mass is 32.1. The molecule has 0 bridgehead atoms. The molecule has 102 valence electrons. The summed E-state index contributed by atoms with van der Waals surface area (Å²) in [4.78, 5) is 0.928. The van der Waals surface area contributed by atoms with Crippen LogP contribution in [-0.4, -0.2) is 25.9 Å². The Labute approximate surface area is 116 Å². The normalized spacial score (nSPS) is 32.0. The Hall–Kier alpha value is -1.01. The molecule has 0 spiro atoms. The molecule has 4 rings (SSSR count). The Morgan fingerprint density at radius 2 is 2.11 bits per heavy atom. The highest BCUT2D eigenvalue weighted by Gasteiger charge is 2.41. The Kier molecular flexibility index (Phi) is 2.48. The molecule has 0 amide bonds. The third-order valence-corrected chi connectivity index (χ3v) is 6.18.